The molecule has 5 nitrogen and oxygen atoms in total. The second-order valence-corrected chi connectivity index (χ2v) is 7.36. The first kappa shape index (κ1) is 17.3. The Morgan fingerprint density at radius 2 is 1.88 bits per heavy atom. The number of ketones is 1. The number of nitriles is 2. The third-order valence-electron chi connectivity index (χ3n) is 4.87. The molecule has 1 aromatic rings. The maximum atomic E-state index is 12.7. The van der Waals surface area contributed by atoms with Crippen molar-refractivity contribution in [3.05, 3.63) is 34.4 Å². The summed E-state index contributed by atoms with van der Waals surface area (Å²) in [7, 11) is 0. The van der Waals surface area contributed by atoms with E-state index in [1.807, 2.05) is 13.8 Å². The highest BCUT2D eigenvalue weighted by Crippen LogP contribution is 2.31. The van der Waals surface area contributed by atoms with Crippen LogP contribution in [0.1, 0.15) is 55.4 Å². The number of hydrogen-bond donors (Lipinski definition) is 0. The van der Waals surface area contributed by atoms with Gasteiger partial charge in [-0.3, -0.25) is 9.79 Å². The molecule has 2 aliphatic heterocycles. The Morgan fingerprint density at radius 1 is 1.24 bits per heavy atom. The molecule has 0 aromatic heterocycles. The number of Topliss-reactive ketones (excluding diaryl/α,β-unsaturated/α-hetero) is 1. The van der Waals surface area contributed by atoms with Crippen LogP contribution < -0.4 is 0 Å². The van der Waals surface area contributed by atoms with Gasteiger partial charge in [0.05, 0.1) is 22.4 Å². The summed E-state index contributed by atoms with van der Waals surface area (Å²) >= 11 is 0. The lowest BCUT2D eigenvalue weighted by atomic mass is 9.82. The average Bonchev–Trinajstić information content (AvgIpc) is 2.60. The maximum Gasteiger partial charge on any atom is 0.142 e. The molecule has 1 fully saturated rings. The number of aliphatic imine (C=N–C) groups is 1. The lowest BCUT2D eigenvalue weighted by molar-refractivity contribution is -0.124. The number of fused-ring (bicyclic) bond motifs is 1. The van der Waals surface area contributed by atoms with E-state index < -0.39 is 0 Å². The summed E-state index contributed by atoms with van der Waals surface area (Å²) in [6.07, 6.45) is 2.49. The fourth-order valence-electron chi connectivity index (χ4n) is 3.64. The van der Waals surface area contributed by atoms with E-state index in [2.05, 4.69) is 12.1 Å². The summed E-state index contributed by atoms with van der Waals surface area (Å²) in [5.41, 5.74) is 2.98. The van der Waals surface area contributed by atoms with Crippen molar-refractivity contribution in [2.24, 2.45) is 10.9 Å². The zero-order valence-electron chi connectivity index (χ0n) is 14.6. The topological polar surface area (TPSA) is 86.2 Å². The number of hydrogen-bond acceptors (Lipinski definition) is 5. The summed E-state index contributed by atoms with van der Waals surface area (Å²) in [4.78, 5) is 17.5. The van der Waals surface area contributed by atoms with Gasteiger partial charge in [-0.05, 0) is 50.8 Å². The van der Waals surface area contributed by atoms with Gasteiger partial charge >= 0.3 is 0 Å². The van der Waals surface area contributed by atoms with Gasteiger partial charge in [0.1, 0.15) is 17.9 Å². The number of carbonyl (C=O) groups excluding carboxylic acids is 1. The molecule has 2 aliphatic rings. The molecule has 0 spiro atoms. The van der Waals surface area contributed by atoms with Gasteiger partial charge in [-0.2, -0.15) is 10.5 Å². The molecule has 0 radical (unpaired) electrons. The fourth-order valence-corrected chi connectivity index (χ4v) is 3.64. The minimum Gasteiger partial charge on any atom is -0.381 e. The molecule has 128 valence electrons. The Balaban J connectivity index is 1.96. The van der Waals surface area contributed by atoms with Crippen LogP contribution in [0.4, 0.5) is 0 Å². The van der Waals surface area contributed by atoms with Crippen molar-refractivity contribution in [3.8, 4) is 12.1 Å². The largest absolute Gasteiger partial charge is 0.381 e. The SMILES string of the molecule is CC1(C)Cc2cc(C#N)c(C#N)cc2C(CC(=O)C2CCOCC2)=N1. The monoisotopic (exact) mass is 335 g/mol. The van der Waals surface area contributed by atoms with E-state index in [1.165, 1.54) is 0 Å². The second-order valence-electron chi connectivity index (χ2n) is 7.36. The molecule has 0 bridgehead atoms. The first-order valence-electron chi connectivity index (χ1n) is 8.60. The second kappa shape index (κ2) is 6.78. The van der Waals surface area contributed by atoms with Crippen LogP contribution >= 0.6 is 0 Å². The molecule has 25 heavy (non-hydrogen) atoms. The van der Waals surface area contributed by atoms with Crippen molar-refractivity contribution in [2.45, 2.75) is 45.1 Å². The van der Waals surface area contributed by atoms with Gasteiger partial charge in [-0.1, -0.05) is 0 Å². The lowest BCUT2D eigenvalue weighted by Crippen LogP contribution is -2.32. The molecule has 0 aliphatic carbocycles. The van der Waals surface area contributed by atoms with Crippen molar-refractivity contribution >= 4 is 11.5 Å². The van der Waals surface area contributed by atoms with Crippen molar-refractivity contribution in [1.29, 1.82) is 10.5 Å². The molecule has 0 atom stereocenters. The highest BCUT2D eigenvalue weighted by Gasteiger charge is 2.30. The number of carbonyl (C=O) groups is 1. The summed E-state index contributed by atoms with van der Waals surface area (Å²) in [5.74, 6) is 0.215. The Kier molecular flexibility index (Phi) is 4.70. The van der Waals surface area contributed by atoms with Crippen LogP contribution in [0.5, 0.6) is 0 Å². The van der Waals surface area contributed by atoms with E-state index in [1.54, 1.807) is 12.1 Å². The van der Waals surface area contributed by atoms with E-state index in [0.29, 0.717) is 30.8 Å². The smallest absolute Gasteiger partial charge is 0.142 e. The van der Waals surface area contributed by atoms with Crippen LogP contribution in [0, 0.1) is 28.6 Å². The van der Waals surface area contributed by atoms with Crippen LogP contribution in [-0.2, 0) is 16.0 Å². The first-order valence-corrected chi connectivity index (χ1v) is 8.60. The zero-order valence-corrected chi connectivity index (χ0v) is 14.6. The first-order chi connectivity index (χ1) is 11.9. The maximum absolute atomic E-state index is 12.7. The number of rotatable bonds is 3. The number of nitrogens with zero attached hydrogens (tertiary/aromatic N) is 3. The number of benzene rings is 1. The Hall–Kier alpha value is -2.50. The third kappa shape index (κ3) is 3.62. The third-order valence-corrected chi connectivity index (χ3v) is 4.87. The van der Waals surface area contributed by atoms with Gasteiger partial charge in [0.15, 0.2) is 0 Å². The summed E-state index contributed by atoms with van der Waals surface area (Å²) in [6, 6.07) is 7.67. The molecular weight excluding hydrogens is 314 g/mol. The van der Waals surface area contributed by atoms with Crippen LogP contribution in [0.3, 0.4) is 0 Å². The van der Waals surface area contributed by atoms with E-state index in [0.717, 1.165) is 29.7 Å². The van der Waals surface area contributed by atoms with Crippen LogP contribution in [0.2, 0.25) is 0 Å². The van der Waals surface area contributed by atoms with Gasteiger partial charge in [0, 0.05) is 31.1 Å². The van der Waals surface area contributed by atoms with Gasteiger partial charge in [0.25, 0.3) is 0 Å². The molecule has 5 heteroatoms. The number of ether oxygens (including phenoxy) is 1. The minimum atomic E-state index is -0.320. The lowest BCUT2D eigenvalue weighted by Gasteiger charge is -2.30. The zero-order chi connectivity index (χ0) is 18.0. The molecule has 0 unspecified atom stereocenters. The summed E-state index contributed by atoms with van der Waals surface area (Å²) < 4.78 is 5.34. The van der Waals surface area contributed by atoms with Gasteiger partial charge in [0.2, 0.25) is 0 Å². The van der Waals surface area contributed by atoms with E-state index in [-0.39, 0.29) is 23.7 Å². The fraction of sp³-hybridized carbons (Fsp3) is 0.500. The van der Waals surface area contributed by atoms with Crippen LogP contribution in [-0.4, -0.2) is 30.2 Å². The van der Waals surface area contributed by atoms with Crippen molar-refractivity contribution in [2.75, 3.05) is 13.2 Å². The quantitative estimate of drug-likeness (QED) is 0.850. The molecule has 2 heterocycles. The van der Waals surface area contributed by atoms with Gasteiger partial charge in [-0.15, -0.1) is 0 Å². The summed E-state index contributed by atoms with van der Waals surface area (Å²) in [5, 5.41) is 18.6. The molecular formula is C20H21N3O2. The van der Waals surface area contributed by atoms with Crippen LogP contribution in [0.15, 0.2) is 17.1 Å². The standard InChI is InChI=1S/C20H21N3O2/c1-20(2)10-14-7-15(11-21)16(12-22)8-17(14)18(23-20)9-19(24)13-3-5-25-6-4-13/h7-8,13H,3-6,9-10H2,1-2H3. The molecule has 0 N–H and O–H groups in total. The van der Waals surface area contributed by atoms with Crippen molar-refractivity contribution in [3.63, 3.8) is 0 Å². The van der Waals surface area contributed by atoms with Gasteiger partial charge in [-0.25, -0.2) is 0 Å². The molecule has 3 rings (SSSR count). The predicted molar refractivity (Wildman–Crippen MR) is 93.4 cm³/mol. The van der Waals surface area contributed by atoms with Crippen molar-refractivity contribution in [1.82, 2.24) is 0 Å². The summed E-state index contributed by atoms with van der Waals surface area (Å²) in [6.45, 7) is 5.32. The van der Waals surface area contributed by atoms with Gasteiger partial charge < -0.3 is 4.74 Å². The Morgan fingerprint density at radius 3 is 2.52 bits per heavy atom. The Labute approximate surface area is 147 Å². The minimum absolute atomic E-state index is 0.0266. The Bertz CT molecular complexity index is 819. The van der Waals surface area contributed by atoms with Crippen molar-refractivity contribution < 1.29 is 9.53 Å². The molecule has 1 saturated heterocycles. The van der Waals surface area contributed by atoms with E-state index in [9.17, 15) is 15.3 Å². The molecule has 1 aromatic carbocycles. The van der Waals surface area contributed by atoms with Crippen LogP contribution in [0.25, 0.3) is 0 Å². The molecule has 0 amide bonds. The molecule has 0 saturated carbocycles. The average molecular weight is 335 g/mol. The van der Waals surface area contributed by atoms with E-state index in [4.69, 9.17) is 9.73 Å². The highest BCUT2D eigenvalue weighted by molar-refractivity contribution is 6.13. The predicted octanol–water partition coefficient (Wildman–Crippen LogP) is 2.94. The normalized spacial score (nSPS) is 19.3. The van der Waals surface area contributed by atoms with E-state index >= 15 is 0 Å². The highest BCUT2D eigenvalue weighted by atomic mass is 16.5.